The summed E-state index contributed by atoms with van der Waals surface area (Å²) < 4.78 is 22.7. The highest BCUT2D eigenvalue weighted by Gasteiger charge is 2.43. The fraction of sp³-hybridized carbons (Fsp3) is 0.480. The van der Waals surface area contributed by atoms with Crippen LogP contribution < -0.4 is 19.5 Å². The molecule has 2 aromatic carbocycles. The molecule has 2 aliphatic rings. The summed E-state index contributed by atoms with van der Waals surface area (Å²) in [5, 5.41) is 3.14. The number of amides is 1. The first kappa shape index (κ1) is 22.4. The van der Waals surface area contributed by atoms with Crippen molar-refractivity contribution in [3.63, 3.8) is 0 Å². The summed E-state index contributed by atoms with van der Waals surface area (Å²) in [4.78, 5) is 15.8. The second-order valence-electron chi connectivity index (χ2n) is 8.32. The normalized spacial score (nSPS) is 25.5. The van der Waals surface area contributed by atoms with E-state index in [2.05, 4.69) is 29.3 Å². The van der Waals surface area contributed by atoms with Gasteiger partial charge in [0.1, 0.15) is 12.3 Å². The van der Waals surface area contributed by atoms with Gasteiger partial charge in [0.05, 0.1) is 27.4 Å². The van der Waals surface area contributed by atoms with Gasteiger partial charge in [0.25, 0.3) is 5.91 Å². The van der Waals surface area contributed by atoms with Gasteiger partial charge in [-0.05, 0) is 44.0 Å². The number of rotatable bonds is 6. The van der Waals surface area contributed by atoms with Crippen molar-refractivity contribution in [3.05, 3.63) is 53.6 Å². The largest absolute Gasteiger partial charge is 0.493 e. The van der Waals surface area contributed by atoms with Crippen LogP contribution in [0.15, 0.2) is 42.5 Å². The van der Waals surface area contributed by atoms with Crippen LogP contribution in [-0.2, 0) is 4.74 Å². The van der Waals surface area contributed by atoms with Gasteiger partial charge >= 0.3 is 0 Å². The fourth-order valence-electron chi connectivity index (χ4n) is 4.90. The zero-order chi connectivity index (χ0) is 22.7. The van der Waals surface area contributed by atoms with E-state index in [1.54, 1.807) is 19.2 Å². The van der Waals surface area contributed by atoms with Crippen LogP contribution in [0.4, 0.5) is 0 Å². The average Bonchev–Trinajstić information content (AvgIpc) is 2.85. The molecule has 0 spiro atoms. The average molecular weight is 441 g/mol. The maximum absolute atomic E-state index is 13.3. The number of fused-ring (bicyclic) bond motifs is 1. The Kier molecular flexibility index (Phi) is 6.86. The number of ether oxygens (including phenoxy) is 4. The molecule has 172 valence electrons. The van der Waals surface area contributed by atoms with Crippen LogP contribution in [-0.4, -0.2) is 57.0 Å². The van der Waals surface area contributed by atoms with Gasteiger partial charge in [-0.15, -0.1) is 0 Å². The number of morpholine rings is 1. The van der Waals surface area contributed by atoms with Crippen molar-refractivity contribution in [2.75, 3.05) is 27.9 Å². The van der Waals surface area contributed by atoms with E-state index in [9.17, 15) is 4.79 Å². The van der Waals surface area contributed by atoms with Crippen LogP contribution in [0, 0.1) is 0 Å². The zero-order valence-corrected chi connectivity index (χ0v) is 19.2. The molecule has 0 bridgehead atoms. The molecular formula is C25H32N2O5. The minimum Gasteiger partial charge on any atom is -0.493 e. The lowest BCUT2D eigenvalue weighted by molar-refractivity contribution is -0.167. The minimum absolute atomic E-state index is 0.115. The molecule has 4 rings (SSSR count). The molecule has 2 saturated heterocycles. The lowest BCUT2D eigenvalue weighted by atomic mass is 9.91. The first-order valence-corrected chi connectivity index (χ1v) is 11.1. The second kappa shape index (κ2) is 9.79. The molecule has 0 aromatic heterocycles. The number of piperidine rings is 1. The monoisotopic (exact) mass is 440 g/mol. The summed E-state index contributed by atoms with van der Waals surface area (Å²) in [5.41, 5.74) is 1.55. The third-order valence-corrected chi connectivity index (χ3v) is 6.52. The molecule has 0 radical (unpaired) electrons. The van der Waals surface area contributed by atoms with Crippen LogP contribution in [0.3, 0.4) is 0 Å². The van der Waals surface area contributed by atoms with E-state index >= 15 is 0 Å². The van der Waals surface area contributed by atoms with Crippen molar-refractivity contribution in [2.24, 2.45) is 0 Å². The van der Waals surface area contributed by atoms with Gasteiger partial charge in [0, 0.05) is 11.6 Å². The lowest BCUT2D eigenvalue weighted by Crippen LogP contribution is -2.63. The number of methoxy groups -OCH3 is 3. The van der Waals surface area contributed by atoms with Crippen molar-refractivity contribution in [1.82, 2.24) is 10.2 Å². The van der Waals surface area contributed by atoms with Gasteiger partial charge in [-0.3, -0.25) is 9.69 Å². The number of benzene rings is 2. The van der Waals surface area contributed by atoms with Crippen molar-refractivity contribution in [2.45, 2.75) is 50.6 Å². The van der Waals surface area contributed by atoms with E-state index in [0.717, 1.165) is 31.4 Å². The van der Waals surface area contributed by atoms with Gasteiger partial charge < -0.3 is 24.3 Å². The third kappa shape index (κ3) is 4.27. The van der Waals surface area contributed by atoms with E-state index < -0.39 is 6.23 Å². The Labute approximate surface area is 189 Å². The van der Waals surface area contributed by atoms with Crippen LogP contribution in [0.1, 0.15) is 48.2 Å². The minimum atomic E-state index is -0.414. The summed E-state index contributed by atoms with van der Waals surface area (Å²) in [5.74, 6) is 1.10. The molecule has 2 aliphatic heterocycles. The molecule has 1 N–H and O–H groups in total. The number of hydrogen-bond donors (Lipinski definition) is 1. The Morgan fingerprint density at radius 2 is 1.72 bits per heavy atom. The smallest absolute Gasteiger partial charge is 0.253 e. The summed E-state index contributed by atoms with van der Waals surface area (Å²) >= 11 is 0. The van der Waals surface area contributed by atoms with Crippen molar-refractivity contribution >= 4 is 5.91 Å². The Hall–Kier alpha value is -2.77. The van der Waals surface area contributed by atoms with Gasteiger partial charge in [0.2, 0.25) is 5.75 Å². The van der Waals surface area contributed by atoms with Crippen LogP contribution in [0.2, 0.25) is 0 Å². The Bertz CT molecular complexity index is 910. The zero-order valence-electron chi connectivity index (χ0n) is 19.2. The first-order valence-electron chi connectivity index (χ1n) is 11.1. The van der Waals surface area contributed by atoms with E-state index in [4.69, 9.17) is 18.9 Å². The predicted octanol–water partition coefficient (Wildman–Crippen LogP) is 3.78. The van der Waals surface area contributed by atoms with Gasteiger partial charge in [-0.2, -0.15) is 0 Å². The number of hydrogen-bond acceptors (Lipinski definition) is 6. The molecule has 7 nitrogen and oxygen atoms in total. The van der Waals surface area contributed by atoms with E-state index in [0.29, 0.717) is 22.8 Å². The van der Waals surface area contributed by atoms with Crippen LogP contribution >= 0.6 is 0 Å². The summed E-state index contributed by atoms with van der Waals surface area (Å²) in [6.45, 7) is 3.22. The van der Waals surface area contributed by atoms with Gasteiger partial charge in [0.15, 0.2) is 11.5 Å². The molecule has 32 heavy (non-hydrogen) atoms. The highest BCUT2D eigenvalue weighted by atomic mass is 16.5. The molecular weight excluding hydrogens is 408 g/mol. The summed E-state index contributed by atoms with van der Waals surface area (Å²) in [6.07, 6.45) is 2.75. The molecule has 2 fully saturated rings. The SMILES string of the molecule is COc1cc(C(=O)NC2OC(c3ccccc3)[C@@H](C)N3CCCC[C@@H]23)cc(OC)c1OC. The predicted molar refractivity (Wildman–Crippen MR) is 121 cm³/mol. The number of carbonyl (C=O) groups is 1. The maximum atomic E-state index is 13.3. The Morgan fingerprint density at radius 3 is 2.34 bits per heavy atom. The van der Waals surface area contributed by atoms with Gasteiger partial charge in [-0.25, -0.2) is 0 Å². The molecule has 1 amide bonds. The Morgan fingerprint density at radius 1 is 1.03 bits per heavy atom. The van der Waals surface area contributed by atoms with Gasteiger partial charge in [-0.1, -0.05) is 36.8 Å². The van der Waals surface area contributed by atoms with E-state index in [1.807, 2.05) is 18.2 Å². The maximum Gasteiger partial charge on any atom is 0.253 e. The number of nitrogens with one attached hydrogen (secondary N) is 1. The highest BCUT2D eigenvalue weighted by molar-refractivity contribution is 5.95. The quantitative estimate of drug-likeness (QED) is 0.737. The number of nitrogens with zero attached hydrogens (tertiary/aromatic N) is 1. The van der Waals surface area contributed by atoms with Crippen LogP contribution in [0.5, 0.6) is 17.2 Å². The van der Waals surface area contributed by atoms with Crippen LogP contribution in [0.25, 0.3) is 0 Å². The van der Waals surface area contributed by atoms with Crippen molar-refractivity contribution in [3.8, 4) is 17.2 Å². The molecule has 7 heteroatoms. The summed E-state index contributed by atoms with van der Waals surface area (Å²) in [7, 11) is 4.61. The number of carbonyl (C=O) groups excluding carboxylic acids is 1. The summed E-state index contributed by atoms with van der Waals surface area (Å²) in [6, 6.07) is 13.9. The van der Waals surface area contributed by atoms with Crippen molar-refractivity contribution < 1.29 is 23.7 Å². The Balaban J connectivity index is 1.61. The topological polar surface area (TPSA) is 69.3 Å². The highest BCUT2D eigenvalue weighted by Crippen LogP contribution is 2.39. The third-order valence-electron chi connectivity index (χ3n) is 6.52. The lowest BCUT2D eigenvalue weighted by Gasteiger charge is -2.51. The first-order chi connectivity index (χ1) is 15.6. The standard InChI is InChI=1S/C25H32N2O5/c1-16-22(17-10-6-5-7-11-17)32-25(19-12-8-9-13-27(16)19)26-24(28)18-14-20(29-2)23(31-4)21(15-18)30-3/h5-7,10-11,14-16,19,22,25H,8-9,12-13H2,1-4H3,(H,26,28)/t16-,19+,22?,25?/m1/s1. The molecule has 2 aromatic rings. The second-order valence-corrected chi connectivity index (χ2v) is 8.32. The molecule has 4 atom stereocenters. The molecule has 2 heterocycles. The van der Waals surface area contributed by atoms with Crippen molar-refractivity contribution in [1.29, 1.82) is 0 Å². The van der Waals surface area contributed by atoms with E-state index in [1.165, 1.54) is 14.2 Å². The van der Waals surface area contributed by atoms with E-state index in [-0.39, 0.29) is 24.1 Å². The molecule has 0 aliphatic carbocycles. The molecule has 0 saturated carbocycles. The fourth-order valence-corrected chi connectivity index (χ4v) is 4.90. The molecule has 2 unspecified atom stereocenters.